The summed E-state index contributed by atoms with van der Waals surface area (Å²) in [5.74, 6) is -0.739. The van der Waals surface area contributed by atoms with Crippen LogP contribution in [0.4, 0.5) is 0 Å². The van der Waals surface area contributed by atoms with Crippen LogP contribution in [0.2, 0.25) is 0 Å². The Balaban J connectivity index is 1.85. The van der Waals surface area contributed by atoms with Crippen molar-refractivity contribution >= 4 is 17.7 Å². The summed E-state index contributed by atoms with van der Waals surface area (Å²) in [5.41, 5.74) is 2.50. The van der Waals surface area contributed by atoms with Crippen molar-refractivity contribution in [3.8, 4) is 5.69 Å². The molecule has 2 heterocycles. The van der Waals surface area contributed by atoms with Crippen LogP contribution in [0.5, 0.6) is 0 Å². The second-order valence-corrected chi connectivity index (χ2v) is 6.63. The monoisotopic (exact) mass is 369 g/mol. The van der Waals surface area contributed by atoms with E-state index in [-0.39, 0.29) is 5.69 Å². The first-order valence-corrected chi connectivity index (χ1v) is 9.34. The number of nitrogens with zero attached hydrogens (tertiary/aromatic N) is 5. The molecule has 2 aromatic heterocycles. The van der Waals surface area contributed by atoms with E-state index in [9.17, 15) is 9.90 Å². The Kier molecular flexibility index (Phi) is 5.96. The van der Waals surface area contributed by atoms with Crippen molar-refractivity contribution in [1.29, 1.82) is 0 Å². The van der Waals surface area contributed by atoms with Gasteiger partial charge in [-0.15, -0.1) is 5.10 Å². The number of thioether (sulfide) groups is 1. The van der Waals surface area contributed by atoms with E-state index in [1.54, 1.807) is 23.1 Å². The lowest BCUT2D eigenvalue weighted by molar-refractivity contribution is 0.0689. The van der Waals surface area contributed by atoms with Crippen molar-refractivity contribution in [3.05, 3.63) is 59.7 Å². The van der Waals surface area contributed by atoms with Gasteiger partial charge >= 0.3 is 5.97 Å². The Morgan fingerprint density at radius 3 is 2.58 bits per heavy atom. The molecular weight excluding hydrogens is 350 g/mol. The Hall–Kier alpha value is -2.74. The SMILES string of the molecule is CCCCc1ccc(-n2nnc(C(=O)O)c2CSc2ncccn2)cc1. The van der Waals surface area contributed by atoms with Crippen molar-refractivity contribution in [2.75, 3.05) is 0 Å². The Morgan fingerprint density at radius 1 is 1.19 bits per heavy atom. The molecule has 0 amide bonds. The van der Waals surface area contributed by atoms with E-state index in [0.717, 1.165) is 24.9 Å². The van der Waals surface area contributed by atoms with Crippen molar-refractivity contribution in [2.24, 2.45) is 0 Å². The van der Waals surface area contributed by atoms with E-state index >= 15 is 0 Å². The lowest BCUT2D eigenvalue weighted by Gasteiger charge is -2.08. The maximum atomic E-state index is 11.5. The normalized spacial score (nSPS) is 10.8. The number of carbonyl (C=O) groups is 1. The van der Waals surface area contributed by atoms with Crippen LogP contribution < -0.4 is 0 Å². The highest BCUT2D eigenvalue weighted by Crippen LogP contribution is 2.23. The number of unbranched alkanes of at least 4 members (excludes halogenated alkanes) is 1. The van der Waals surface area contributed by atoms with Crippen LogP contribution in [-0.2, 0) is 12.2 Å². The van der Waals surface area contributed by atoms with Gasteiger partial charge in [0.05, 0.1) is 11.4 Å². The molecule has 0 radical (unpaired) electrons. The van der Waals surface area contributed by atoms with Crippen molar-refractivity contribution in [1.82, 2.24) is 25.0 Å². The maximum Gasteiger partial charge on any atom is 0.358 e. The molecule has 0 bridgehead atoms. The molecule has 0 aliphatic heterocycles. The van der Waals surface area contributed by atoms with E-state index in [4.69, 9.17) is 0 Å². The second kappa shape index (κ2) is 8.57. The summed E-state index contributed by atoms with van der Waals surface area (Å²) in [4.78, 5) is 19.8. The van der Waals surface area contributed by atoms with E-state index in [1.165, 1.54) is 17.3 Å². The summed E-state index contributed by atoms with van der Waals surface area (Å²) in [5, 5.41) is 17.9. The van der Waals surface area contributed by atoms with Gasteiger partial charge in [-0.3, -0.25) is 0 Å². The standard InChI is InChI=1S/C18H19N5O2S/c1-2-3-5-13-6-8-14(9-7-13)23-15(16(17(24)25)21-22-23)12-26-18-19-10-4-11-20-18/h4,6-11H,2-3,5,12H2,1H3,(H,24,25). The molecular formula is C18H19N5O2S. The van der Waals surface area contributed by atoms with E-state index in [2.05, 4.69) is 27.2 Å². The molecule has 0 saturated heterocycles. The molecule has 8 heteroatoms. The first kappa shape index (κ1) is 18.1. The maximum absolute atomic E-state index is 11.5. The zero-order valence-electron chi connectivity index (χ0n) is 14.4. The minimum absolute atomic E-state index is 0.0523. The predicted molar refractivity (Wildman–Crippen MR) is 98.5 cm³/mol. The first-order valence-electron chi connectivity index (χ1n) is 8.36. The predicted octanol–water partition coefficient (Wildman–Crippen LogP) is 3.39. The van der Waals surface area contributed by atoms with Gasteiger partial charge < -0.3 is 5.11 Å². The first-order chi connectivity index (χ1) is 12.7. The fourth-order valence-electron chi connectivity index (χ4n) is 2.48. The largest absolute Gasteiger partial charge is 0.476 e. The van der Waals surface area contributed by atoms with Gasteiger partial charge in [-0.05, 0) is 36.6 Å². The number of aromatic nitrogens is 5. The highest BCUT2D eigenvalue weighted by molar-refractivity contribution is 7.98. The van der Waals surface area contributed by atoms with Gasteiger partial charge in [0.25, 0.3) is 0 Å². The van der Waals surface area contributed by atoms with Crippen LogP contribution in [0.3, 0.4) is 0 Å². The van der Waals surface area contributed by atoms with E-state index in [0.29, 0.717) is 16.6 Å². The van der Waals surface area contributed by atoms with Gasteiger partial charge in [0, 0.05) is 18.1 Å². The van der Waals surface area contributed by atoms with Crippen LogP contribution in [-0.4, -0.2) is 36.0 Å². The van der Waals surface area contributed by atoms with Gasteiger partial charge in [0.1, 0.15) is 0 Å². The average molecular weight is 369 g/mol. The van der Waals surface area contributed by atoms with E-state index < -0.39 is 5.97 Å². The van der Waals surface area contributed by atoms with Gasteiger partial charge in [0.2, 0.25) is 0 Å². The minimum atomic E-state index is -1.10. The number of hydrogen-bond donors (Lipinski definition) is 1. The van der Waals surface area contributed by atoms with Crippen LogP contribution in [0.15, 0.2) is 47.9 Å². The number of rotatable bonds is 8. The summed E-state index contributed by atoms with van der Waals surface area (Å²) in [6, 6.07) is 9.71. The van der Waals surface area contributed by atoms with Crippen LogP contribution in [0.25, 0.3) is 5.69 Å². The second-order valence-electron chi connectivity index (χ2n) is 5.69. The summed E-state index contributed by atoms with van der Waals surface area (Å²) >= 11 is 1.35. The zero-order valence-corrected chi connectivity index (χ0v) is 15.2. The summed E-state index contributed by atoms with van der Waals surface area (Å²) in [6.45, 7) is 2.16. The van der Waals surface area contributed by atoms with Gasteiger partial charge in [-0.25, -0.2) is 19.4 Å². The average Bonchev–Trinajstić information content (AvgIpc) is 3.10. The van der Waals surface area contributed by atoms with Crippen LogP contribution in [0.1, 0.15) is 41.5 Å². The van der Waals surface area contributed by atoms with Gasteiger partial charge in [-0.1, -0.05) is 42.5 Å². The van der Waals surface area contributed by atoms with Crippen molar-refractivity contribution in [2.45, 2.75) is 37.1 Å². The highest BCUT2D eigenvalue weighted by Gasteiger charge is 2.20. The molecule has 0 aliphatic rings. The fourth-order valence-corrected chi connectivity index (χ4v) is 3.28. The summed E-state index contributed by atoms with van der Waals surface area (Å²) in [7, 11) is 0. The number of benzene rings is 1. The molecule has 0 aliphatic carbocycles. The lowest BCUT2D eigenvalue weighted by Crippen LogP contribution is -2.06. The summed E-state index contributed by atoms with van der Waals surface area (Å²) in [6.07, 6.45) is 6.62. The molecule has 0 unspecified atom stereocenters. The van der Waals surface area contributed by atoms with Crippen LogP contribution >= 0.6 is 11.8 Å². The Morgan fingerprint density at radius 2 is 1.92 bits per heavy atom. The fraction of sp³-hybridized carbons (Fsp3) is 0.278. The van der Waals surface area contributed by atoms with Crippen LogP contribution in [0, 0.1) is 0 Å². The molecule has 0 atom stereocenters. The van der Waals surface area contributed by atoms with Gasteiger partial charge in [-0.2, -0.15) is 0 Å². The zero-order chi connectivity index (χ0) is 18.4. The molecule has 1 aromatic carbocycles. The topological polar surface area (TPSA) is 93.8 Å². The number of hydrogen-bond acceptors (Lipinski definition) is 6. The Bertz CT molecular complexity index is 865. The number of carboxylic acids is 1. The molecule has 0 fully saturated rings. The molecule has 3 rings (SSSR count). The minimum Gasteiger partial charge on any atom is -0.476 e. The summed E-state index contributed by atoms with van der Waals surface area (Å²) < 4.78 is 1.57. The third-order valence-electron chi connectivity index (χ3n) is 3.85. The van der Waals surface area contributed by atoms with Crippen molar-refractivity contribution in [3.63, 3.8) is 0 Å². The molecule has 134 valence electrons. The molecule has 0 saturated carbocycles. The number of carboxylic acid groups (broad SMARTS) is 1. The molecule has 0 spiro atoms. The smallest absolute Gasteiger partial charge is 0.358 e. The van der Waals surface area contributed by atoms with Crippen molar-refractivity contribution < 1.29 is 9.90 Å². The quantitative estimate of drug-likeness (QED) is 0.480. The highest BCUT2D eigenvalue weighted by atomic mass is 32.2. The van der Waals surface area contributed by atoms with Gasteiger partial charge in [0.15, 0.2) is 10.9 Å². The molecule has 7 nitrogen and oxygen atoms in total. The molecule has 3 aromatic rings. The molecule has 1 N–H and O–H groups in total. The third kappa shape index (κ3) is 4.26. The van der Waals surface area contributed by atoms with E-state index in [1.807, 2.05) is 24.3 Å². The third-order valence-corrected chi connectivity index (χ3v) is 4.73. The lowest BCUT2D eigenvalue weighted by atomic mass is 10.1. The Labute approximate surface area is 155 Å². The number of aromatic carboxylic acids is 1. The molecule has 26 heavy (non-hydrogen) atoms. The number of aryl methyl sites for hydroxylation is 1.